The number of rotatable bonds is 13. The number of fused-ring (bicyclic) bond motifs is 1. The largest absolute Gasteiger partial charge is 0.481 e. The molecule has 4 nitrogen and oxygen atoms in total. The zero-order valence-electron chi connectivity index (χ0n) is 23.3. The number of aliphatic hydroxyl groups excluding tert-OH is 1. The van der Waals surface area contributed by atoms with Gasteiger partial charge in [-0.15, -0.1) is 0 Å². The van der Waals surface area contributed by atoms with E-state index < -0.39 is 5.97 Å². The van der Waals surface area contributed by atoms with Crippen LogP contribution in [0.15, 0.2) is 78.9 Å². The van der Waals surface area contributed by atoms with E-state index in [1.807, 2.05) is 48.2 Å². The Morgan fingerprint density at radius 1 is 1.02 bits per heavy atom. The molecule has 5 rings (SSSR count). The third-order valence-electron chi connectivity index (χ3n) is 8.05. The average molecular weight is 586 g/mol. The Kier molecular flexibility index (Phi) is 9.49. The lowest BCUT2D eigenvalue weighted by Gasteiger charge is -2.24. The fourth-order valence-electron chi connectivity index (χ4n) is 5.50. The lowest BCUT2D eigenvalue weighted by atomic mass is 9.82. The van der Waals surface area contributed by atoms with E-state index in [0.717, 1.165) is 52.9 Å². The van der Waals surface area contributed by atoms with Gasteiger partial charge in [0.2, 0.25) is 0 Å². The molecule has 2 atom stereocenters. The second-order valence-corrected chi connectivity index (χ2v) is 12.8. The van der Waals surface area contributed by atoms with Crippen molar-refractivity contribution in [3.8, 4) is 0 Å². The number of pyridine rings is 1. The molecule has 212 valence electrons. The van der Waals surface area contributed by atoms with Gasteiger partial charge in [-0.25, -0.2) is 4.98 Å². The van der Waals surface area contributed by atoms with Crippen LogP contribution in [0.4, 0.5) is 0 Å². The van der Waals surface area contributed by atoms with E-state index in [2.05, 4.69) is 61.5 Å². The van der Waals surface area contributed by atoms with Crippen LogP contribution in [0.25, 0.3) is 23.1 Å². The fraction of sp³-hybridized carbons (Fsp3) is 0.314. The third-order valence-corrected chi connectivity index (χ3v) is 9.63. The van der Waals surface area contributed by atoms with Crippen molar-refractivity contribution in [2.45, 2.75) is 44.4 Å². The Bertz CT molecular complexity index is 1550. The summed E-state index contributed by atoms with van der Waals surface area (Å²) in [5.41, 5.74) is 6.48. The second-order valence-electron chi connectivity index (χ2n) is 11.3. The topological polar surface area (TPSA) is 70.4 Å². The first-order valence-electron chi connectivity index (χ1n) is 14.2. The predicted octanol–water partition coefficient (Wildman–Crippen LogP) is 8.66. The van der Waals surface area contributed by atoms with E-state index in [0.29, 0.717) is 5.02 Å². The molecule has 0 amide bonds. The molecule has 1 saturated carbocycles. The minimum absolute atomic E-state index is 0.0118. The van der Waals surface area contributed by atoms with Gasteiger partial charge in [-0.3, -0.25) is 4.79 Å². The van der Waals surface area contributed by atoms with Crippen molar-refractivity contribution in [2.24, 2.45) is 5.41 Å². The Hall–Kier alpha value is -3.12. The molecule has 41 heavy (non-hydrogen) atoms. The van der Waals surface area contributed by atoms with Gasteiger partial charge in [0.15, 0.2) is 0 Å². The maximum Gasteiger partial charge on any atom is 0.303 e. The summed E-state index contributed by atoms with van der Waals surface area (Å²) in [5, 5.41) is 21.0. The highest BCUT2D eigenvalue weighted by Crippen LogP contribution is 2.51. The van der Waals surface area contributed by atoms with Crippen LogP contribution in [0.5, 0.6) is 0 Å². The number of hydrogen-bond donors (Lipinski definition) is 2. The number of aliphatic carboxylic acids is 1. The number of hydrogen-bond acceptors (Lipinski definition) is 4. The van der Waals surface area contributed by atoms with Crippen LogP contribution in [0.3, 0.4) is 0 Å². The maximum atomic E-state index is 11.3. The standard InChI is InChI=1S/C35H36ClNO3S/c1-24(22-38)30-7-2-3-8-32(30)31(15-18-41-23-35(16-17-35)21-34(39)40)27-6-4-5-25(19-27)9-13-29-14-11-26-10-12-28(36)20-33(26)37-29/h2-14,19-20,24,31,38H,15-18,21-23H2,1H3,(H,39,40)/b13-9+/t24?,31-/m1/s1. The molecule has 0 saturated heterocycles. The van der Waals surface area contributed by atoms with Crippen LogP contribution in [-0.4, -0.2) is 39.3 Å². The van der Waals surface area contributed by atoms with Crippen molar-refractivity contribution >= 4 is 52.4 Å². The highest BCUT2D eigenvalue weighted by Gasteiger charge is 2.44. The smallest absolute Gasteiger partial charge is 0.303 e. The molecule has 3 aromatic carbocycles. The maximum absolute atomic E-state index is 11.3. The summed E-state index contributed by atoms with van der Waals surface area (Å²) in [5.74, 6) is 1.35. The van der Waals surface area contributed by atoms with Crippen LogP contribution in [0.1, 0.15) is 72.4 Å². The van der Waals surface area contributed by atoms with Gasteiger partial charge in [0.1, 0.15) is 0 Å². The fourth-order valence-corrected chi connectivity index (χ4v) is 7.03. The van der Waals surface area contributed by atoms with E-state index >= 15 is 0 Å². The van der Waals surface area contributed by atoms with Crippen LogP contribution in [0, 0.1) is 5.41 Å². The number of thioether (sulfide) groups is 1. The van der Waals surface area contributed by atoms with Crippen molar-refractivity contribution in [2.75, 3.05) is 18.1 Å². The molecule has 1 aliphatic carbocycles. The third kappa shape index (κ3) is 7.59. The summed E-state index contributed by atoms with van der Waals surface area (Å²) < 4.78 is 0. The van der Waals surface area contributed by atoms with Gasteiger partial charge >= 0.3 is 5.97 Å². The van der Waals surface area contributed by atoms with Crippen molar-refractivity contribution in [3.05, 3.63) is 112 Å². The van der Waals surface area contributed by atoms with Gasteiger partial charge in [-0.1, -0.05) is 85.3 Å². The number of benzene rings is 3. The molecule has 6 heteroatoms. The number of aliphatic hydroxyl groups is 1. The highest BCUT2D eigenvalue weighted by atomic mass is 35.5. The Labute approximate surface area is 251 Å². The van der Waals surface area contributed by atoms with Crippen molar-refractivity contribution < 1.29 is 15.0 Å². The Balaban J connectivity index is 1.38. The summed E-state index contributed by atoms with van der Waals surface area (Å²) in [7, 11) is 0. The van der Waals surface area contributed by atoms with Gasteiger partial charge in [0, 0.05) is 28.9 Å². The van der Waals surface area contributed by atoms with Crippen LogP contribution >= 0.6 is 23.4 Å². The summed E-state index contributed by atoms with van der Waals surface area (Å²) in [6, 6.07) is 26.9. The monoisotopic (exact) mass is 585 g/mol. The predicted molar refractivity (Wildman–Crippen MR) is 172 cm³/mol. The number of halogens is 1. The number of carbonyl (C=O) groups is 1. The molecular formula is C35H36ClNO3S. The summed E-state index contributed by atoms with van der Waals surface area (Å²) in [6.07, 6.45) is 7.36. The molecule has 2 N–H and O–H groups in total. The minimum atomic E-state index is -0.694. The molecule has 1 aliphatic rings. The first kappa shape index (κ1) is 29.4. The minimum Gasteiger partial charge on any atom is -0.481 e. The number of carboxylic acid groups (broad SMARTS) is 1. The molecule has 0 aliphatic heterocycles. The molecular weight excluding hydrogens is 550 g/mol. The summed E-state index contributed by atoms with van der Waals surface area (Å²) in [6.45, 7) is 2.17. The van der Waals surface area contributed by atoms with E-state index in [-0.39, 0.29) is 30.3 Å². The van der Waals surface area contributed by atoms with Gasteiger partial charge in [-0.2, -0.15) is 11.8 Å². The zero-order chi connectivity index (χ0) is 28.8. The molecule has 1 fully saturated rings. The Morgan fingerprint density at radius 2 is 1.80 bits per heavy atom. The van der Waals surface area contributed by atoms with Gasteiger partial charge < -0.3 is 10.2 Å². The molecule has 1 unspecified atom stereocenters. The van der Waals surface area contributed by atoms with E-state index in [4.69, 9.17) is 16.6 Å². The zero-order valence-corrected chi connectivity index (χ0v) is 24.9. The van der Waals surface area contributed by atoms with Crippen LogP contribution in [-0.2, 0) is 4.79 Å². The van der Waals surface area contributed by atoms with Crippen molar-refractivity contribution in [1.82, 2.24) is 4.98 Å². The Morgan fingerprint density at radius 3 is 2.56 bits per heavy atom. The molecule has 1 aromatic heterocycles. The summed E-state index contributed by atoms with van der Waals surface area (Å²) in [4.78, 5) is 16.1. The number of nitrogens with zero attached hydrogens (tertiary/aromatic N) is 1. The normalized spacial score (nSPS) is 15.7. The lowest BCUT2D eigenvalue weighted by Crippen LogP contribution is -2.13. The number of aromatic nitrogens is 1. The lowest BCUT2D eigenvalue weighted by molar-refractivity contribution is -0.138. The summed E-state index contributed by atoms with van der Waals surface area (Å²) >= 11 is 8.05. The molecule has 1 heterocycles. The van der Waals surface area contributed by atoms with Crippen molar-refractivity contribution in [3.63, 3.8) is 0 Å². The van der Waals surface area contributed by atoms with Gasteiger partial charge in [0.25, 0.3) is 0 Å². The number of carboxylic acids is 1. The van der Waals surface area contributed by atoms with Gasteiger partial charge in [-0.05, 0) is 82.7 Å². The molecule has 0 spiro atoms. The average Bonchev–Trinajstić information content (AvgIpc) is 3.74. The highest BCUT2D eigenvalue weighted by molar-refractivity contribution is 7.99. The van der Waals surface area contributed by atoms with Crippen LogP contribution < -0.4 is 0 Å². The van der Waals surface area contributed by atoms with Crippen molar-refractivity contribution in [1.29, 1.82) is 0 Å². The first-order chi connectivity index (χ1) is 19.9. The SMILES string of the molecule is CC(CO)c1ccccc1[C@H](CCSCC1(CC(=O)O)CC1)c1cccc(/C=C/c2ccc3ccc(Cl)cc3n2)c1. The molecule has 0 bridgehead atoms. The van der Waals surface area contributed by atoms with E-state index in [9.17, 15) is 15.0 Å². The molecule has 0 radical (unpaired) electrons. The van der Waals surface area contributed by atoms with Crippen LogP contribution in [0.2, 0.25) is 5.02 Å². The first-order valence-corrected chi connectivity index (χ1v) is 15.7. The van der Waals surface area contributed by atoms with E-state index in [1.54, 1.807) is 0 Å². The quantitative estimate of drug-likeness (QED) is 0.154. The van der Waals surface area contributed by atoms with Gasteiger partial charge in [0.05, 0.1) is 17.6 Å². The molecule has 4 aromatic rings. The second kappa shape index (κ2) is 13.2. The van der Waals surface area contributed by atoms with E-state index in [1.165, 1.54) is 16.7 Å².